The predicted molar refractivity (Wildman–Crippen MR) is 56.5 cm³/mol. The van der Waals surface area contributed by atoms with Crippen molar-refractivity contribution in [2.45, 2.75) is 25.9 Å². The van der Waals surface area contributed by atoms with Crippen LogP contribution in [0.15, 0.2) is 18.2 Å². The number of non-ortho nitro benzene ring substituents is 1. The van der Waals surface area contributed by atoms with E-state index in [1.165, 1.54) is 12.1 Å². The van der Waals surface area contributed by atoms with E-state index in [2.05, 4.69) is 0 Å². The number of nitro benzene ring substituents is 1. The van der Waals surface area contributed by atoms with Gasteiger partial charge in [-0.25, -0.2) is 0 Å². The van der Waals surface area contributed by atoms with Crippen LogP contribution >= 0.6 is 0 Å². The van der Waals surface area contributed by atoms with Crippen LogP contribution in [0.3, 0.4) is 0 Å². The lowest BCUT2D eigenvalue weighted by Crippen LogP contribution is -2.42. The molecule has 84 valence electrons. The highest BCUT2D eigenvalue weighted by Gasteiger charge is 2.35. The lowest BCUT2D eigenvalue weighted by molar-refractivity contribution is -0.385. The number of hydrogen-bond donors (Lipinski definition) is 0. The molecule has 0 radical (unpaired) electrons. The Morgan fingerprint density at radius 2 is 2.12 bits per heavy atom. The summed E-state index contributed by atoms with van der Waals surface area (Å²) in [7, 11) is 0. The number of ether oxygens (including phenoxy) is 1. The van der Waals surface area contributed by atoms with Gasteiger partial charge < -0.3 is 4.74 Å². The zero-order valence-corrected chi connectivity index (χ0v) is 9.02. The third-order valence-electron chi connectivity index (χ3n) is 2.65. The Morgan fingerprint density at radius 1 is 1.44 bits per heavy atom. The van der Waals surface area contributed by atoms with Crippen LogP contribution in [-0.4, -0.2) is 16.3 Å². The van der Waals surface area contributed by atoms with Crippen molar-refractivity contribution in [1.29, 1.82) is 0 Å². The molecule has 16 heavy (non-hydrogen) atoms. The topological polar surface area (TPSA) is 69.4 Å². The maximum atomic E-state index is 11.6. The molecule has 0 saturated carbocycles. The molecule has 2 rings (SSSR count). The summed E-state index contributed by atoms with van der Waals surface area (Å²) in [5.74, 6) is 0.410. The summed E-state index contributed by atoms with van der Waals surface area (Å²) in [4.78, 5) is 21.8. The van der Waals surface area contributed by atoms with Crippen molar-refractivity contribution in [1.82, 2.24) is 0 Å². The highest BCUT2D eigenvalue weighted by atomic mass is 16.6. The smallest absolute Gasteiger partial charge is 0.273 e. The van der Waals surface area contributed by atoms with Crippen LogP contribution in [0.25, 0.3) is 0 Å². The first-order chi connectivity index (χ1) is 7.40. The van der Waals surface area contributed by atoms with Gasteiger partial charge in [-0.2, -0.15) is 0 Å². The molecule has 0 spiro atoms. The number of carbonyl (C=O) groups is 1. The number of nitrogens with zero attached hydrogens (tertiary/aromatic N) is 1. The minimum Gasteiger partial charge on any atom is -0.480 e. The fourth-order valence-electron chi connectivity index (χ4n) is 1.62. The van der Waals surface area contributed by atoms with E-state index in [4.69, 9.17) is 4.74 Å². The second kappa shape index (κ2) is 3.30. The van der Waals surface area contributed by atoms with Crippen molar-refractivity contribution < 1.29 is 14.5 Å². The molecule has 1 aromatic rings. The Hall–Kier alpha value is -1.91. The van der Waals surface area contributed by atoms with Crippen molar-refractivity contribution in [3.63, 3.8) is 0 Å². The number of nitro groups is 1. The van der Waals surface area contributed by atoms with Gasteiger partial charge in [-0.05, 0) is 19.9 Å². The molecule has 1 heterocycles. The van der Waals surface area contributed by atoms with Gasteiger partial charge in [0.1, 0.15) is 5.75 Å². The Balaban J connectivity index is 2.45. The molecule has 0 N–H and O–H groups in total. The van der Waals surface area contributed by atoms with Crippen molar-refractivity contribution in [3.05, 3.63) is 33.9 Å². The van der Waals surface area contributed by atoms with Crippen LogP contribution in [-0.2, 0) is 11.2 Å². The SMILES string of the molecule is CC1(C)Oc2cc([N+](=O)[O-])ccc2CC1=O. The van der Waals surface area contributed by atoms with Crippen LogP contribution in [0.1, 0.15) is 19.4 Å². The molecule has 5 heteroatoms. The molecule has 0 bridgehead atoms. The first-order valence-electron chi connectivity index (χ1n) is 4.90. The predicted octanol–water partition coefficient (Wildman–Crippen LogP) is 1.88. The van der Waals surface area contributed by atoms with Crippen LogP contribution in [0.4, 0.5) is 5.69 Å². The van der Waals surface area contributed by atoms with E-state index in [1.54, 1.807) is 19.9 Å². The summed E-state index contributed by atoms with van der Waals surface area (Å²) in [6.07, 6.45) is 0.264. The minimum atomic E-state index is -0.901. The van der Waals surface area contributed by atoms with E-state index in [1.807, 2.05) is 0 Å². The average Bonchev–Trinajstić information content (AvgIpc) is 2.18. The van der Waals surface area contributed by atoms with Gasteiger partial charge in [0.05, 0.1) is 11.0 Å². The van der Waals surface area contributed by atoms with Gasteiger partial charge >= 0.3 is 0 Å². The minimum absolute atomic E-state index is 0.0196. The van der Waals surface area contributed by atoms with Crippen LogP contribution in [0, 0.1) is 10.1 Å². The fraction of sp³-hybridized carbons (Fsp3) is 0.364. The van der Waals surface area contributed by atoms with Gasteiger partial charge in [0.2, 0.25) is 0 Å². The quantitative estimate of drug-likeness (QED) is 0.536. The van der Waals surface area contributed by atoms with E-state index < -0.39 is 10.5 Å². The van der Waals surface area contributed by atoms with Gasteiger partial charge in [0.25, 0.3) is 5.69 Å². The molecule has 1 aliphatic heterocycles. The van der Waals surface area contributed by atoms with E-state index in [-0.39, 0.29) is 17.9 Å². The summed E-state index contributed by atoms with van der Waals surface area (Å²) in [6.45, 7) is 3.33. The Morgan fingerprint density at radius 3 is 2.75 bits per heavy atom. The highest BCUT2D eigenvalue weighted by Crippen LogP contribution is 2.33. The van der Waals surface area contributed by atoms with Gasteiger partial charge in [0.15, 0.2) is 11.4 Å². The van der Waals surface area contributed by atoms with Crippen molar-refractivity contribution >= 4 is 11.5 Å². The number of ketones is 1. The number of carbonyl (C=O) groups excluding carboxylic acids is 1. The number of rotatable bonds is 1. The molecular weight excluding hydrogens is 210 g/mol. The number of Topliss-reactive ketones (excluding diaryl/α,β-unsaturated/α-hetero) is 1. The molecule has 0 fully saturated rings. The molecule has 1 aliphatic rings. The van der Waals surface area contributed by atoms with E-state index in [0.29, 0.717) is 11.3 Å². The summed E-state index contributed by atoms with van der Waals surface area (Å²) >= 11 is 0. The van der Waals surface area contributed by atoms with E-state index in [0.717, 1.165) is 0 Å². The highest BCUT2D eigenvalue weighted by molar-refractivity contribution is 5.90. The average molecular weight is 221 g/mol. The summed E-state index contributed by atoms with van der Waals surface area (Å²) in [5, 5.41) is 10.6. The fourth-order valence-corrected chi connectivity index (χ4v) is 1.62. The molecule has 5 nitrogen and oxygen atoms in total. The number of hydrogen-bond acceptors (Lipinski definition) is 4. The third-order valence-corrected chi connectivity index (χ3v) is 2.65. The molecule has 0 aromatic heterocycles. The molecule has 0 aliphatic carbocycles. The van der Waals surface area contributed by atoms with Gasteiger partial charge in [-0.1, -0.05) is 0 Å². The van der Waals surface area contributed by atoms with Crippen LogP contribution in [0.5, 0.6) is 5.75 Å². The number of fused-ring (bicyclic) bond motifs is 1. The van der Waals surface area contributed by atoms with E-state index in [9.17, 15) is 14.9 Å². The second-order valence-electron chi connectivity index (χ2n) is 4.26. The molecular formula is C11H11NO4. The van der Waals surface area contributed by atoms with Crippen LogP contribution < -0.4 is 4.74 Å². The van der Waals surface area contributed by atoms with Crippen molar-refractivity contribution in [2.24, 2.45) is 0 Å². The first-order valence-corrected chi connectivity index (χ1v) is 4.90. The molecule has 0 atom stereocenters. The summed E-state index contributed by atoms with van der Waals surface area (Å²) in [5.41, 5.74) is -0.221. The first kappa shape index (κ1) is 10.6. The monoisotopic (exact) mass is 221 g/mol. The zero-order chi connectivity index (χ0) is 11.9. The second-order valence-corrected chi connectivity index (χ2v) is 4.26. The largest absolute Gasteiger partial charge is 0.480 e. The lowest BCUT2D eigenvalue weighted by Gasteiger charge is -2.30. The van der Waals surface area contributed by atoms with Gasteiger partial charge in [0, 0.05) is 18.1 Å². The summed E-state index contributed by atoms with van der Waals surface area (Å²) < 4.78 is 5.47. The third kappa shape index (κ3) is 1.64. The molecule has 0 saturated heterocycles. The Bertz CT molecular complexity index is 479. The van der Waals surface area contributed by atoms with Gasteiger partial charge in [-0.15, -0.1) is 0 Å². The summed E-state index contributed by atoms with van der Waals surface area (Å²) in [6, 6.07) is 4.32. The normalized spacial score (nSPS) is 17.5. The molecule has 1 aromatic carbocycles. The number of benzene rings is 1. The standard InChI is InChI=1S/C11H11NO4/c1-11(2)10(13)5-7-3-4-8(12(14)15)6-9(7)16-11/h3-4,6H,5H2,1-2H3. The Labute approximate surface area is 92.2 Å². The zero-order valence-electron chi connectivity index (χ0n) is 9.02. The van der Waals surface area contributed by atoms with Crippen LogP contribution in [0.2, 0.25) is 0 Å². The lowest BCUT2D eigenvalue weighted by atomic mass is 9.93. The van der Waals surface area contributed by atoms with Crippen molar-refractivity contribution in [2.75, 3.05) is 0 Å². The maximum Gasteiger partial charge on any atom is 0.273 e. The maximum absolute atomic E-state index is 11.6. The molecule has 0 unspecified atom stereocenters. The van der Waals surface area contributed by atoms with E-state index >= 15 is 0 Å². The Kier molecular flexibility index (Phi) is 2.18. The van der Waals surface area contributed by atoms with Crippen molar-refractivity contribution in [3.8, 4) is 5.75 Å². The van der Waals surface area contributed by atoms with Gasteiger partial charge in [-0.3, -0.25) is 14.9 Å². The molecule has 0 amide bonds.